The summed E-state index contributed by atoms with van der Waals surface area (Å²) >= 11 is 2.74. The van der Waals surface area contributed by atoms with Gasteiger partial charge in [0.1, 0.15) is 5.01 Å². The lowest BCUT2D eigenvalue weighted by Gasteiger charge is -2.07. The van der Waals surface area contributed by atoms with E-state index in [-0.39, 0.29) is 11.2 Å². The molecule has 2 heterocycles. The van der Waals surface area contributed by atoms with Gasteiger partial charge < -0.3 is 4.98 Å². The van der Waals surface area contributed by atoms with Gasteiger partial charge in [-0.15, -0.1) is 10.2 Å². The molecule has 2 aromatic carbocycles. The summed E-state index contributed by atoms with van der Waals surface area (Å²) in [6.45, 7) is 3.87. The Labute approximate surface area is 164 Å². The first-order chi connectivity index (χ1) is 13.1. The first-order valence-electron chi connectivity index (χ1n) is 8.41. The van der Waals surface area contributed by atoms with E-state index in [9.17, 15) is 4.79 Å². The Bertz CT molecular complexity index is 1070. The van der Waals surface area contributed by atoms with Crippen LogP contribution in [0.1, 0.15) is 12.5 Å². The van der Waals surface area contributed by atoms with Gasteiger partial charge in [0.05, 0.1) is 16.3 Å². The van der Waals surface area contributed by atoms with Gasteiger partial charge in [0.2, 0.25) is 11.0 Å². The van der Waals surface area contributed by atoms with E-state index in [0.717, 1.165) is 32.3 Å². The van der Waals surface area contributed by atoms with Crippen molar-refractivity contribution in [3.63, 3.8) is 0 Å². The summed E-state index contributed by atoms with van der Waals surface area (Å²) in [4.78, 5) is 20.2. The highest BCUT2D eigenvalue weighted by Crippen LogP contribution is 2.28. The van der Waals surface area contributed by atoms with E-state index in [2.05, 4.69) is 25.5 Å². The summed E-state index contributed by atoms with van der Waals surface area (Å²) < 4.78 is 0. The number of para-hydroxylation sites is 2. The number of aromatic amines is 1. The molecule has 0 saturated heterocycles. The van der Waals surface area contributed by atoms with E-state index in [4.69, 9.17) is 0 Å². The van der Waals surface area contributed by atoms with Crippen LogP contribution in [0, 0.1) is 6.92 Å². The van der Waals surface area contributed by atoms with E-state index in [1.54, 1.807) is 0 Å². The number of hydrogen-bond acceptors (Lipinski definition) is 6. The van der Waals surface area contributed by atoms with Gasteiger partial charge in [0.25, 0.3) is 0 Å². The summed E-state index contributed by atoms with van der Waals surface area (Å²) in [6.07, 6.45) is 0. The molecule has 2 aromatic heterocycles. The van der Waals surface area contributed by atoms with Crippen LogP contribution in [0.3, 0.4) is 0 Å². The van der Waals surface area contributed by atoms with Crippen LogP contribution in [0.2, 0.25) is 0 Å². The fraction of sp³-hybridized carbons (Fsp3) is 0.158. The minimum Gasteiger partial charge on any atom is -0.333 e. The SMILES string of the molecule is Cc1cccc(-c2nnc(NC(=O)C(C)Sc3nc4ccccc4[nH]3)s2)c1. The molecule has 0 aliphatic carbocycles. The standard InChI is InChI=1S/C19H17N5OS2/c1-11-6-5-7-13(10-11)17-23-24-19(27-17)22-16(25)12(2)26-18-20-14-8-3-4-9-15(14)21-18/h3-10,12H,1-2H3,(H,20,21)(H,22,24,25). The summed E-state index contributed by atoms with van der Waals surface area (Å²) in [7, 11) is 0. The van der Waals surface area contributed by atoms with Crippen LogP contribution in [0.15, 0.2) is 53.7 Å². The number of thioether (sulfide) groups is 1. The molecule has 1 amide bonds. The van der Waals surface area contributed by atoms with Crippen molar-refractivity contribution >= 4 is 45.2 Å². The van der Waals surface area contributed by atoms with E-state index >= 15 is 0 Å². The predicted molar refractivity (Wildman–Crippen MR) is 110 cm³/mol. The lowest BCUT2D eigenvalue weighted by molar-refractivity contribution is -0.115. The summed E-state index contributed by atoms with van der Waals surface area (Å²) in [5.74, 6) is -0.132. The number of rotatable bonds is 5. The molecule has 1 atom stereocenters. The van der Waals surface area contributed by atoms with Gasteiger partial charge in [-0.05, 0) is 32.0 Å². The zero-order valence-electron chi connectivity index (χ0n) is 14.8. The Morgan fingerprint density at radius 3 is 2.85 bits per heavy atom. The third-order valence-electron chi connectivity index (χ3n) is 3.95. The molecule has 0 bridgehead atoms. The molecule has 27 heavy (non-hydrogen) atoms. The van der Waals surface area contributed by atoms with Gasteiger partial charge in [0, 0.05) is 5.56 Å². The number of amides is 1. The van der Waals surface area contributed by atoms with Crippen LogP contribution in [0.4, 0.5) is 5.13 Å². The Kier molecular flexibility index (Phi) is 4.91. The molecular weight excluding hydrogens is 378 g/mol. The van der Waals surface area contributed by atoms with Gasteiger partial charge in [-0.1, -0.05) is 59.0 Å². The number of carbonyl (C=O) groups excluding carboxylic acids is 1. The number of carbonyl (C=O) groups is 1. The quantitative estimate of drug-likeness (QED) is 0.486. The van der Waals surface area contributed by atoms with Gasteiger partial charge in [-0.3, -0.25) is 10.1 Å². The number of anilines is 1. The Morgan fingerprint density at radius 1 is 1.19 bits per heavy atom. The summed E-state index contributed by atoms with van der Waals surface area (Å²) in [6, 6.07) is 15.8. The van der Waals surface area contributed by atoms with Crippen molar-refractivity contribution in [2.24, 2.45) is 0 Å². The highest BCUT2D eigenvalue weighted by atomic mass is 32.2. The zero-order chi connectivity index (χ0) is 18.8. The second kappa shape index (κ2) is 7.50. The smallest absolute Gasteiger partial charge is 0.239 e. The Balaban J connectivity index is 1.42. The molecular formula is C19H17N5OS2. The number of imidazole rings is 1. The average molecular weight is 396 g/mol. The number of aryl methyl sites for hydroxylation is 1. The number of nitrogens with zero attached hydrogens (tertiary/aromatic N) is 3. The molecule has 0 aliphatic heterocycles. The van der Waals surface area contributed by atoms with E-state index in [1.165, 1.54) is 23.1 Å². The largest absolute Gasteiger partial charge is 0.333 e. The molecule has 0 fully saturated rings. The van der Waals surface area contributed by atoms with Crippen molar-refractivity contribution < 1.29 is 4.79 Å². The maximum atomic E-state index is 12.5. The van der Waals surface area contributed by atoms with Gasteiger partial charge >= 0.3 is 0 Å². The lowest BCUT2D eigenvalue weighted by atomic mass is 10.1. The van der Waals surface area contributed by atoms with Crippen LogP contribution in [-0.4, -0.2) is 31.3 Å². The van der Waals surface area contributed by atoms with Crippen molar-refractivity contribution in [1.29, 1.82) is 0 Å². The average Bonchev–Trinajstić information content (AvgIpc) is 3.28. The molecule has 6 nitrogen and oxygen atoms in total. The summed E-state index contributed by atoms with van der Waals surface area (Å²) in [5, 5.41) is 12.8. The van der Waals surface area contributed by atoms with Crippen LogP contribution >= 0.6 is 23.1 Å². The van der Waals surface area contributed by atoms with Crippen molar-refractivity contribution in [2.45, 2.75) is 24.3 Å². The van der Waals surface area contributed by atoms with Crippen LogP contribution < -0.4 is 5.32 Å². The highest BCUT2D eigenvalue weighted by molar-refractivity contribution is 8.00. The molecule has 2 N–H and O–H groups in total. The molecule has 1 unspecified atom stereocenters. The minimum absolute atomic E-state index is 0.132. The van der Waals surface area contributed by atoms with E-state index in [0.29, 0.717) is 5.13 Å². The number of nitrogens with one attached hydrogen (secondary N) is 2. The second-order valence-electron chi connectivity index (χ2n) is 6.09. The zero-order valence-corrected chi connectivity index (χ0v) is 16.4. The number of aromatic nitrogens is 4. The van der Waals surface area contributed by atoms with Crippen molar-refractivity contribution in [1.82, 2.24) is 20.2 Å². The van der Waals surface area contributed by atoms with Crippen LogP contribution in [0.25, 0.3) is 21.6 Å². The minimum atomic E-state index is -0.322. The fourth-order valence-corrected chi connectivity index (χ4v) is 4.15. The van der Waals surface area contributed by atoms with E-state index in [1.807, 2.05) is 62.4 Å². The molecule has 4 aromatic rings. The lowest BCUT2D eigenvalue weighted by Crippen LogP contribution is -2.22. The second-order valence-corrected chi connectivity index (χ2v) is 8.40. The van der Waals surface area contributed by atoms with Gasteiger partial charge in [-0.25, -0.2) is 4.98 Å². The molecule has 0 aliphatic rings. The van der Waals surface area contributed by atoms with Gasteiger partial charge in [-0.2, -0.15) is 0 Å². The molecule has 8 heteroatoms. The third kappa shape index (κ3) is 4.01. The first-order valence-corrected chi connectivity index (χ1v) is 10.1. The number of benzene rings is 2. The maximum Gasteiger partial charge on any atom is 0.239 e. The molecule has 136 valence electrons. The third-order valence-corrected chi connectivity index (χ3v) is 5.82. The Morgan fingerprint density at radius 2 is 2.04 bits per heavy atom. The van der Waals surface area contributed by atoms with Gasteiger partial charge in [0.15, 0.2) is 5.16 Å². The number of H-pyrrole nitrogens is 1. The highest BCUT2D eigenvalue weighted by Gasteiger charge is 2.18. The molecule has 4 rings (SSSR count). The topological polar surface area (TPSA) is 83.6 Å². The van der Waals surface area contributed by atoms with E-state index < -0.39 is 0 Å². The maximum absolute atomic E-state index is 12.5. The van der Waals surface area contributed by atoms with Crippen molar-refractivity contribution in [3.05, 3.63) is 54.1 Å². The number of hydrogen-bond donors (Lipinski definition) is 2. The number of fused-ring (bicyclic) bond motifs is 1. The monoisotopic (exact) mass is 395 g/mol. The normalized spacial score (nSPS) is 12.2. The molecule has 0 radical (unpaired) electrons. The van der Waals surface area contributed by atoms with Crippen molar-refractivity contribution in [2.75, 3.05) is 5.32 Å². The van der Waals surface area contributed by atoms with Crippen LogP contribution in [-0.2, 0) is 4.79 Å². The predicted octanol–water partition coefficient (Wildman–Crippen LogP) is 4.51. The molecule has 0 spiro atoms. The Hall–Kier alpha value is -2.71. The fourth-order valence-electron chi connectivity index (χ4n) is 2.58. The first kappa shape index (κ1) is 17.7. The summed E-state index contributed by atoms with van der Waals surface area (Å²) in [5.41, 5.74) is 4.00. The van der Waals surface area contributed by atoms with Crippen molar-refractivity contribution in [3.8, 4) is 10.6 Å². The van der Waals surface area contributed by atoms with Crippen LogP contribution in [0.5, 0.6) is 0 Å². The molecule has 0 saturated carbocycles.